The monoisotopic (exact) mass is 363 g/mol. The zero-order valence-corrected chi connectivity index (χ0v) is 15.6. The molecule has 5 nitrogen and oxygen atoms in total. The minimum atomic E-state index is -0.275. The van der Waals surface area contributed by atoms with Crippen molar-refractivity contribution in [3.8, 4) is 11.3 Å². The molecule has 1 aromatic carbocycles. The van der Waals surface area contributed by atoms with Crippen LogP contribution in [0.15, 0.2) is 30.5 Å². The van der Waals surface area contributed by atoms with Gasteiger partial charge in [0.1, 0.15) is 5.65 Å². The van der Waals surface area contributed by atoms with Gasteiger partial charge in [-0.15, -0.1) is 0 Å². The van der Waals surface area contributed by atoms with Gasteiger partial charge in [0, 0.05) is 55.3 Å². The Morgan fingerprint density at radius 2 is 1.93 bits per heavy atom. The third-order valence-corrected chi connectivity index (χ3v) is 5.44. The maximum absolute atomic E-state index is 15.0. The third kappa shape index (κ3) is 2.55. The number of pyridine rings is 2. The first kappa shape index (κ1) is 16.4. The fourth-order valence-electron chi connectivity index (χ4n) is 4.03. The van der Waals surface area contributed by atoms with Crippen molar-refractivity contribution in [2.75, 3.05) is 31.1 Å². The first-order valence-corrected chi connectivity index (χ1v) is 9.51. The zero-order valence-electron chi connectivity index (χ0n) is 15.6. The van der Waals surface area contributed by atoms with E-state index in [1.807, 2.05) is 11.0 Å². The van der Waals surface area contributed by atoms with Crippen molar-refractivity contribution in [2.24, 2.45) is 0 Å². The number of fused-ring (bicyclic) bond motifs is 5. The van der Waals surface area contributed by atoms with E-state index in [2.05, 4.69) is 42.1 Å². The number of hydrogen-bond donors (Lipinski definition) is 1. The van der Waals surface area contributed by atoms with Crippen LogP contribution in [-0.4, -0.2) is 40.7 Å². The summed E-state index contributed by atoms with van der Waals surface area (Å²) in [5.41, 5.74) is 4.81. The normalized spacial score (nSPS) is 15.3. The Labute approximate surface area is 157 Å². The largest absolute Gasteiger partial charge is 0.352 e. The summed E-state index contributed by atoms with van der Waals surface area (Å²) in [6, 6.07) is 7.86. The molecule has 0 amide bonds. The van der Waals surface area contributed by atoms with Crippen molar-refractivity contribution >= 4 is 27.8 Å². The molecule has 3 aliphatic heterocycles. The van der Waals surface area contributed by atoms with E-state index in [0.29, 0.717) is 5.82 Å². The molecule has 1 aromatic heterocycles. The highest BCUT2D eigenvalue weighted by Crippen LogP contribution is 2.37. The lowest BCUT2D eigenvalue weighted by Crippen LogP contribution is -2.44. The Balaban J connectivity index is 1.81. The van der Waals surface area contributed by atoms with Gasteiger partial charge in [0.05, 0.1) is 11.2 Å². The lowest BCUT2D eigenvalue weighted by Gasteiger charge is -2.29. The molecule has 0 spiro atoms. The molecule has 6 heteroatoms. The summed E-state index contributed by atoms with van der Waals surface area (Å²) >= 11 is 0. The number of halogens is 1. The first-order valence-electron chi connectivity index (χ1n) is 9.51. The summed E-state index contributed by atoms with van der Waals surface area (Å²) in [5, 5.41) is 5.19. The Kier molecular flexibility index (Phi) is 3.75. The van der Waals surface area contributed by atoms with Crippen LogP contribution in [0.25, 0.3) is 33.2 Å². The summed E-state index contributed by atoms with van der Waals surface area (Å²) in [7, 11) is 0. The number of rotatable bonds is 2. The van der Waals surface area contributed by atoms with Gasteiger partial charge >= 0.3 is 0 Å². The van der Waals surface area contributed by atoms with E-state index in [1.54, 1.807) is 6.07 Å². The highest BCUT2D eigenvalue weighted by Gasteiger charge is 2.22. The number of aryl methyl sites for hydroxylation is 2. The second-order valence-electron chi connectivity index (χ2n) is 7.21. The van der Waals surface area contributed by atoms with E-state index in [0.717, 1.165) is 65.9 Å². The lowest BCUT2D eigenvalue weighted by molar-refractivity contribution is 0.559. The van der Waals surface area contributed by atoms with Crippen molar-refractivity contribution in [1.29, 1.82) is 0 Å². The fraction of sp³-hybridized carbons (Fsp3) is 0.333. The minimum Gasteiger partial charge on any atom is -0.352 e. The molecule has 1 fully saturated rings. The maximum Gasteiger partial charge on any atom is 0.167 e. The number of nitrogens with one attached hydrogen (secondary N) is 1. The zero-order chi connectivity index (χ0) is 18.5. The molecule has 0 bridgehead atoms. The Bertz CT molecular complexity index is 1130. The second kappa shape index (κ2) is 6.16. The third-order valence-electron chi connectivity index (χ3n) is 5.44. The highest BCUT2D eigenvalue weighted by molar-refractivity contribution is 6.06. The Morgan fingerprint density at radius 3 is 2.70 bits per heavy atom. The average molecular weight is 363 g/mol. The van der Waals surface area contributed by atoms with E-state index >= 15 is 4.39 Å². The van der Waals surface area contributed by atoms with Crippen LogP contribution in [0.3, 0.4) is 0 Å². The predicted molar refractivity (Wildman–Crippen MR) is 107 cm³/mol. The van der Waals surface area contributed by atoms with Crippen LogP contribution in [0.1, 0.15) is 12.5 Å². The molecule has 4 heterocycles. The SMILES string of the molecule is CCn1cc2c3cc(C)ccc3nc-2c2cc(F)c(N3CCNCC3)nc21. The topological polar surface area (TPSA) is 46.0 Å². The maximum atomic E-state index is 15.0. The minimum absolute atomic E-state index is 0.275. The van der Waals surface area contributed by atoms with E-state index in [9.17, 15) is 0 Å². The molecule has 5 rings (SSSR count). The number of piperazine rings is 1. The molecular formula is C21H22FN5. The number of nitrogens with zero attached hydrogens (tertiary/aromatic N) is 4. The number of benzene rings is 1. The van der Waals surface area contributed by atoms with Crippen LogP contribution in [0.5, 0.6) is 0 Å². The van der Waals surface area contributed by atoms with E-state index in [1.165, 1.54) is 5.56 Å². The van der Waals surface area contributed by atoms with Crippen LogP contribution in [-0.2, 0) is 6.54 Å². The molecule has 27 heavy (non-hydrogen) atoms. The molecule has 1 saturated heterocycles. The van der Waals surface area contributed by atoms with Crippen molar-refractivity contribution < 1.29 is 4.39 Å². The molecule has 2 aromatic rings. The Morgan fingerprint density at radius 1 is 1.11 bits per heavy atom. The smallest absolute Gasteiger partial charge is 0.167 e. The van der Waals surface area contributed by atoms with Gasteiger partial charge in [-0.2, -0.15) is 0 Å². The van der Waals surface area contributed by atoms with Crippen molar-refractivity contribution in [2.45, 2.75) is 20.4 Å². The summed E-state index contributed by atoms with van der Waals surface area (Å²) in [6.45, 7) is 8.16. The number of anilines is 1. The summed E-state index contributed by atoms with van der Waals surface area (Å²) < 4.78 is 17.1. The van der Waals surface area contributed by atoms with E-state index < -0.39 is 0 Å². The lowest BCUT2D eigenvalue weighted by atomic mass is 10.1. The average Bonchev–Trinajstić information content (AvgIpc) is 3.05. The highest BCUT2D eigenvalue weighted by atomic mass is 19.1. The van der Waals surface area contributed by atoms with Gasteiger partial charge in [0.15, 0.2) is 11.6 Å². The first-order chi connectivity index (χ1) is 13.2. The van der Waals surface area contributed by atoms with Gasteiger partial charge in [-0.05, 0) is 32.0 Å². The standard InChI is InChI=1S/C21H22FN5/c1-3-26-12-16-14-10-13(2)4-5-18(14)24-19(16)15-11-17(22)21(25-20(15)26)27-8-6-23-7-9-27/h4-5,10-12,23H,3,6-9H2,1-2H3. The van der Waals surface area contributed by atoms with Crippen LogP contribution in [0.4, 0.5) is 10.2 Å². The van der Waals surface area contributed by atoms with Crippen molar-refractivity contribution in [1.82, 2.24) is 19.9 Å². The molecule has 138 valence electrons. The molecule has 0 saturated carbocycles. The van der Waals surface area contributed by atoms with Gasteiger partial charge in [0.25, 0.3) is 0 Å². The number of aromatic nitrogens is 3. The van der Waals surface area contributed by atoms with Crippen LogP contribution < -0.4 is 10.2 Å². The Hall–Kier alpha value is -2.73. The van der Waals surface area contributed by atoms with Gasteiger partial charge in [0.2, 0.25) is 0 Å². The van der Waals surface area contributed by atoms with Crippen molar-refractivity contribution in [3.63, 3.8) is 0 Å². The quantitative estimate of drug-likeness (QED) is 0.591. The fourth-order valence-corrected chi connectivity index (χ4v) is 4.03. The van der Waals surface area contributed by atoms with Crippen LogP contribution >= 0.6 is 0 Å². The summed E-state index contributed by atoms with van der Waals surface area (Å²) in [5.74, 6) is 0.167. The van der Waals surface area contributed by atoms with Gasteiger partial charge < -0.3 is 14.8 Å². The van der Waals surface area contributed by atoms with E-state index in [-0.39, 0.29) is 5.82 Å². The van der Waals surface area contributed by atoms with Crippen LogP contribution in [0.2, 0.25) is 0 Å². The van der Waals surface area contributed by atoms with Crippen LogP contribution in [0, 0.1) is 12.7 Å². The second-order valence-corrected chi connectivity index (χ2v) is 7.21. The number of hydrogen-bond acceptors (Lipinski definition) is 4. The molecule has 0 aliphatic carbocycles. The summed E-state index contributed by atoms with van der Waals surface area (Å²) in [4.78, 5) is 11.6. The molecule has 0 radical (unpaired) electrons. The van der Waals surface area contributed by atoms with Gasteiger partial charge in [-0.3, -0.25) is 0 Å². The summed E-state index contributed by atoms with van der Waals surface area (Å²) in [6.07, 6.45) is 2.11. The van der Waals surface area contributed by atoms with Crippen molar-refractivity contribution in [3.05, 3.63) is 41.8 Å². The molecule has 0 unspecified atom stereocenters. The van der Waals surface area contributed by atoms with Gasteiger partial charge in [-0.25, -0.2) is 14.4 Å². The van der Waals surface area contributed by atoms with E-state index in [4.69, 9.17) is 9.97 Å². The van der Waals surface area contributed by atoms with Gasteiger partial charge in [-0.1, -0.05) is 11.6 Å². The predicted octanol–water partition coefficient (Wildman–Crippen LogP) is 3.57. The molecule has 3 aliphatic rings. The molecular weight excluding hydrogens is 341 g/mol. The molecule has 1 N–H and O–H groups in total. The molecule has 0 atom stereocenters.